The molecule has 0 aliphatic carbocycles. The molecule has 2 rings (SSSR count). The van der Waals surface area contributed by atoms with Gasteiger partial charge in [-0.3, -0.25) is 4.79 Å². The number of carbonyl (C=O) groups excluding carboxylic acids is 1. The topological polar surface area (TPSA) is 41.1 Å². The van der Waals surface area contributed by atoms with Crippen LogP contribution in [0.2, 0.25) is 0 Å². The van der Waals surface area contributed by atoms with Gasteiger partial charge in [0.15, 0.2) is 0 Å². The number of nitrogens with one attached hydrogen (secondary N) is 2. The van der Waals surface area contributed by atoms with Gasteiger partial charge in [-0.1, -0.05) is 26.2 Å². The molecule has 1 heterocycles. The molecule has 0 fully saturated rings. The predicted octanol–water partition coefficient (Wildman–Crippen LogP) is 3.56. The number of rotatable bonds is 6. The SMILES string of the molecule is CCCCCCC(=O)Nc1ccc2c(c1)CCN2. The quantitative estimate of drug-likeness (QED) is 0.753. The molecule has 0 saturated carbocycles. The zero-order valence-electron chi connectivity index (χ0n) is 11.1. The van der Waals surface area contributed by atoms with Crippen LogP contribution in [-0.2, 0) is 11.2 Å². The molecule has 0 radical (unpaired) electrons. The summed E-state index contributed by atoms with van der Waals surface area (Å²) in [6.45, 7) is 3.18. The number of anilines is 2. The first-order chi connectivity index (χ1) is 8.79. The molecule has 1 aromatic rings. The molecule has 0 atom stereocenters. The summed E-state index contributed by atoms with van der Waals surface area (Å²) in [6.07, 6.45) is 6.26. The van der Waals surface area contributed by atoms with Gasteiger partial charge in [0, 0.05) is 24.3 Å². The highest BCUT2D eigenvalue weighted by atomic mass is 16.1. The van der Waals surface area contributed by atoms with E-state index in [4.69, 9.17) is 0 Å². The molecular weight excluding hydrogens is 224 g/mol. The maximum atomic E-state index is 11.7. The van der Waals surface area contributed by atoms with Gasteiger partial charge in [-0.15, -0.1) is 0 Å². The largest absolute Gasteiger partial charge is 0.384 e. The van der Waals surface area contributed by atoms with Crippen LogP contribution < -0.4 is 10.6 Å². The van der Waals surface area contributed by atoms with Crippen molar-refractivity contribution in [2.24, 2.45) is 0 Å². The van der Waals surface area contributed by atoms with Gasteiger partial charge in [0.05, 0.1) is 0 Å². The van der Waals surface area contributed by atoms with Gasteiger partial charge in [0.25, 0.3) is 0 Å². The summed E-state index contributed by atoms with van der Waals surface area (Å²) in [4.78, 5) is 11.7. The Morgan fingerprint density at radius 2 is 2.22 bits per heavy atom. The van der Waals surface area contributed by atoms with Gasteiger partial charge < -0.3 is 10.6 Å². The summed E-state index contributed by atoms with van der Waals surface area (Å²) in [6, 6.07) is 6.11. The molecule has 1 aromatic carbocycles. The lowest BCUT2D eigenvalue weighted by Gasteiger charge is -2.07. The van der Waals surface area contributed by atoms with Crippen LogP contribution >= 0.6 is 0 Å². The molecule has 3 heteroatoms. The van der Waals surface area contributed by atoms with Crippen LogP contribution in [0.3, 0.4) is 0 Å². The Kier molecular flexibility index (Phi) is 4.62. The van der Waals surface area contributed by atoms with Crippen LogP contribution in [0.15, 0.2) is 18.2 Å². The number of fused-ring (bicyclic) bond motifs is 1. The van der Waals surface area contributed by atoms with Crippen LogP contribution in [0.1, 0.15) is 44.6 Å². The molecule has 0 unspecified atom stereocenters. The van der Waals surface area contributed by atoms with E-state index in [0.29, 0.717) is 6.42 Å². The second-order valence-corrected chi connectivity index (χ2v) is 4.91. The molecular formula is C15H22N2O. The minimum atomic E-state index is 0.136. The number of benzene rings is 1. The third-order valence-corrected chi connectivity index (χ3v) is 3.36. The van der Waals surface area contributed by atoms with Gasteiger partial charge in [-0.05, 0) is 36.6 Å². The number of hydrogen-bond acceptors (Lipinski definition) is 2. The van der Waals surface area contributed by atoms with Crippen LogP contribution in [0.25, 0.3) is 0 Å². The van der Waals surface area contributed by atoms with Crippen molar-refractivity contribution in [3.63, 3.8) is 0 Å². The Morgan fingerprint density at radius 3 is 3.06 bits per heavy atom. The lowest BCUT2D eigenvalue weighted by molar-refractivity contribution is -0.116. The van der Waals surface area contributed by atoms with Crippen LogP contribution in [0.4, 0.5) is 11.4 Å². The van der Waals surface area contributed by atoms with Gasteiger partial charge in [0.2, 0.25) is 5.91 Å². The second-order valence-electron chi connectivity index (χ2n) is 4.91. The zero-order valence-corrected chi connectivity index (χ0v) is 11.1. The molecule has 3 nitrogen and oxygen atoms in total. The fourth-order valence-corrected chi connectivity index (χ4v) is 2.32. The van der Waals surface area contributed by atoms with Gasteiger partial charge >= 0.3 is 0 Å². The van der Waals surface area contributed by atoms with Crippen molar-refractivity contribution in [1.29, 1.82) is 0 Å². The van der Waals surface area contributed by atoms with Crippen molar-refractivity contribution in [3.05, 3.63) is 23.8 Å². The van der Waals surface area contributed by atoms with Gasteiger partial charge in [-0.25, -0.2) is 0 Å². The highest BCUT2D eigenvalue weighted by molar-refractivity contribution is 5.91. The maximum Gasteiger partial charge on any atom is 0.224 e. The normalized spacial score (nSPS) is 12.9. The fraction of sp³-hybridized carbons (Fsp3) is 0.533. The van der Waals surface area contributed by atoms with E-state index in [-0.39, 0.29) is 5.91 Å². The molecule has 0 saturated heterocycles. The second kappa shape index (κ2) is 6.43. The van der Waals surface area contributed by atoms with E-state index in [9.17, 15) is 4.79 Å². The highest BCUT2D eigenvalue weighted by Crippen LogP contribution is 2.25. The summed E-state index contributed by atoms with van der Waals surface area (Å²) in [7, 11) is 0. The molecule has 0 bridgehead atoms. The Balaban J connectivity index is 1.80. The summed E-state index contributed by atoms with van der Waals surface area (Å²) in [5.74, 6) is 0.136. The first-order valence-corrected chi connectivity index (χ1v) is 6.96. The molecule has 2 N–H and O–H groups in total. The number of amides is 1. The average molecular weight is 246 g/mol. The molecule has 98 valence electrons. The molecule has 1 amide bonds. The minimum absolute atomic E-state index is 0.136. The standard InChI is InChI=1S/C15H22N2O/c1-2-3-4-5-6-15(18)17-13-7-8-14-12(11-13)9-10-16-14/h7-8,11,16H,2-6,9-10H2,1H3,(H,17,18). The van der Waals surface area contributed by atoms with Gasteiger partial charge in [-0.2, -0.15) is 0 Å². The van der Waals surface area contributed by atoms with E-state index in [2.05, 4.69) is 29.7 Å². The molecule has 1 aliphatic rings. The summed E-state index contributed by atoms with van der Waals surface area (Å²) >= 11 is 0. The van der Waals surface area contributed by atoms with Crippen molar-refractivity contribution >= 4 is 17.3 Å². The molecule has 0 spiro atoms. The van der Waals surface area contributed by atoms with E-state index in [0.717, 1.165) is 31.5 Å². The lowest BCUT2D eigenvalue weighted by atomic mass is 10.1. The Morgan fingerprint density at radius 1 is 1.33 bits per heavy atom. The third kappa shape index (κ3) is 3.49. The monoisotopic (exact) mass is 246 g/mol. The van der Waals surface area contributed by atoms with Crippen molar-refractivity contribution < 1.29 is 4.79 Å². The van der Waals surface area contributed by atoms with Crippen LogP contribution in [0.5, 0.6) is 0 Å². The number of hydrogen-bond donors (Lipinski definition) is 2. The van der Waals surface area contributed by atoms with Crippen molar-refractivity contribution in [1.82, 2.24) is 0 Å². The predicted molar refractivity (Wildman–Crippen MR) is 76.0 cm³/mol. The molecule has 0 aromatic heterocycles. The van der Waals surface area contributed by atoms with E-state index in [1.165, 1.54) is 24.1 Å². The zero-order chi connectivity index (χ0) is 12.8. The van der Waals surface area contributed by atoms with Crippen molar-refractivity contribution in [3.8, 4) is 0 Å². The third-order valence-electron chi connectivity index (χ3n) is 3.36. The minimum Gasteiger partial charge on any atom is -0.384 e. The summed E-state index contributed by atoms with van der Waals surface area (Å²) in [5.41, 5.74) is 3.44. The van der Waals surface area contributed by atoms with E-state index >= 15 is 0 Å². The summed E-state index contributed by atoms with van der Waals surface area (Å²) < 4.78 is 0. The Labute approximate surface area is 109 Å². The van der Waals surface area contributed by atoms with E-state index in [1.807, 2.05) is 6.07 Å². The number of unbranched alkanes of at least 4 members (excludes halogenated alkanes) is 3. The average Bonchev–Trinajstić information content (AvgIpc) is 2.82. The van der Waals surface area contributed by atoms with E-state index in [1.54, 1.807) is 0 Å². The van der Waals surface area contributed by atoms with Crippen LogP contribution in [0, 0.1) is 0 Å². The molecule has 1 aliphatic heterocycles. The number of carbonyl (C=O) groups is 1. The first kappa shape index (κ1) is 12.9. The lowest BCUT2D eigenvalue weighted by Crippen LogP contribution is -2.11. The Bertz CT molecular complexity index is 415. The molecule has 18 heavy (non-hydrogen) atoms. The van der Waals surface area contributed by atoms with E-state index < -0.39 is 0 Å². The Hall–Kier alpha value is -1.51. The maximum absolute atomic E-state index is 11.7. The smallest absolute Gasteiger partial charge is 0.224 e. The van der Waals surface area contributed by atoms with Gasteiger partial charge in [0.1, 0.15) is 0 Å². The van der Waals surface area contributed by atoms with Crippen molar-refractivity contribution in [2.75, 3.05) is 17.2 Å². The first-order valence-electron chi connectivity index (χ1n) is 6.96. The van der Waals surface area contributed by atoms with Crippen molar-refractivity contribution in [2.45, 2.75) is 45.4 Å². The summed E-state index contributed by atoms with van der Waals surface area (Å²) in [5, 5.41) is 6.30. The highest BCUT2D eigenvalue weighted by Gasteiger charge is 2.10. The fourth-order valence-electron chi connectivity index (χ4n) is 2.32. The van der Waals surface area contributed by atoms with Crippen LogP contribution in [-0.4, -0.2) is 12.5 Å².